The van der Waals surface area contributed by atoms with Crippen LogP contribution < -0.4 is 19.5 Å². The van der Waals surface area contributed by atoms with Crippen LogP contribution in [0, 0.1) is 6.92 Å². The van der Waals surface area contributed by atoms with Gasteiger partial charge in [0.2, 0.25) is 6.79 Å². The van der Waals surface area contributed by atoms with Crippen molar-refractivity contribution in [3.63, 3.8) is 0 Å². The fraction of sp³-hybridized carbons (Fsp3) is 0.350. The van der Waals surface area contributed by atoms with Gasteiger partial charge in [0.1, 0.15) is 10.8 Å². The summed E-state index contributed by atoms with van der Waals surface area (Å²) in [7, 11) is 0. The Balaban J connectivity index is 1.55. The highest BCUT2D eigenvalue weighted by Crippen LogP contribution is 2.38. The maximum Gasteiger partial charge on any atom is 0.231 e. The van der Waals surface area contributed by atoms with E-state index in [1.165, 1.54) is 4.88 Å². The van der Waals surface area contributed by atoms with Crippen molar-refractivity contribution in [2.75, 3.05) is 13.4 Å². The molecule has 142 valence electrons. The first-order valence-electron chi connectivity index (χ1n) is 8.96. The highest BCUT2D eigenvalue weighted by Gasteiger charge is 2.20. The molecule has 1 aliphatic rings. The Morgan fingerprint density at radius 3 is 2.81 bits per heavy atom. The maximum absolute atomic E-state index is 5.82. The van der Waals surface area contributed by atoms with Crippen LogP contribution >= 0.6 is 22.7 Å². The minimum Gasteiger partial charge on any atom is -0.493 e. The van der Waals surface area contributed by atoms with E-state index in [-0.39, 0.29) is 12.8 Å². The Morgan fingerprint density at radius 1 is 1.26 bits per heavy atom. The number of nitrogens with one attached hydrogen (secondary N) is 1. The van der Waals surface area contributed by atoms with Crippen molar-refractivity contribution < 1.29 is 14.2 Å². The van der Waals surface area contributed by atoms with Crippen LogP contribution in [0.15, 0.2) is 35.0 Å². The van der Waals surface area contributed by atoms with E-state index >= 15 is 0 Å². The summed E-state index contributed by atoms with van der Waals surface area (Å²) in [5.74, 6) is 2.35. The molecule has 1 aromatic carbocycles. The van der Waals surface area contributed by atoms with Gasteiger partial charge in [0.25, 0.3) is 0 Å². The van der Waals surface area contributed by atoms with Crippen LogP contribution in [0.1, 0.15) is 34.1 Å². The summed E-state index contributed by atoms with van der Waals surface area (Å²) in [4.78, 5) is 6.05. The number of thiophene rings is 1. The quantitative estimate of drug-likeness (QED) is 0.591. The van der Waals surface area contributed by atoms with Crippen molar-refractivity contribution >= 4 is 22.7 Å². The van der Waals surface area contributed by atoms with Gasteiger partial charge in [0.05, 0.1) is 12.6 Å². The summed E-state index contributed by atoms with van der Waals surface area (Å²) in [6.07, 6.45) is 0.916. The topological polar surface area (TPSA) is 52.6 Å². The number of rotatable bonds is 8. The molecule has 0 bridgehead atoms. The molecule has 0 unspecified atom stereocenters. The number of benzene rings is 1. The van der Waals surface area contributed by atoms with Gasteiger partial charge in [-0.05, 0) is 31.4 Å². The number of fused-ring (bicyclic) bond motifs is 1. The molecule has 0 saturated carbocycles. The molecule has 0 fully saturated rings. The maximum atomic E-state index is 5.82. The van der Waals surface area contributed by atoms with Gasteiger partial charge in [-0.3, -0.25) is 0 Å². The molecule has 0 spiro atoms. The molecule has 0 aliphatic carbocycles. The van der Waals surface area contributed by atoms with Crippen LogP contribution in [0.25, 0.3) is 0 Å². The summed E-state index contributed by atoms with van der Waals surface area (Å²) in [6.45, 7) is 5.56. The Morgan fingerprint density at radius 2 is 2.11 bits per heavy atom. The van der Waals surface area contributed by atoms with Gasteiger partial charge in [-0.1, -0.05) is 6.07 Å². The third kappa shape index (κ3) is 4.26. The molecule has 1 aliphatic heterocycles. The molecule has 3 aromatic rings. The van der Waals surface area contributed by atoms with Gasteiger partial charge in [0.15, 0.2) is 11.5 Å². The summed E-state index contributed by atoms with van der Waals surface area (Å²) in [5.41, 5.74) is 2.12. The lowest BCUT2D eigenvalue weighted by Gasteiger charge is -2.18. The summed E-state index contributed by atoms with van der Waals surface area (Å²) in [6, 6.07) is 8.35. The highest BCUT2D eigenvalue weighted by atomic mass is 32.1. The number of hydrogen-bond donors (Lipinski definition) is 1. The predicted octanol–water partition coefficient (Wildman–Crippen LogP) is 4.71. The molecule has 5 nitrogen and oxygen atoms in total. The zero-order chi connectivity index (χ0) is 18.6. The fourth-order valence-corrected chi connectivity index (χ4v) is 4.66. The van der Waals surface area contributed by atoms with Crippen molar-refractivity contribution in [1.82, 2.24) is 10.3 Å². The first-order valence-corrected chi connectivity index (χ1v) is 10.7. The van der Waals surface area contributed by atoms with E-state index in [4.69, 9.17) is 19.2 Å². The second kappa shape index (κ2) is 8.29. The molecule has 0 saturated heterocycles. The fourth-order valence-electron chi connectivity index (χ4n) is 3.04. The molecule has 27 heavy (non-hydrogen) atoms. The summed E-state index contributed by atoms with van der Waals surface area (Å²) >= 11 is 3.48. The van der Waals surface area contributed by atoms with Gasteiger partial charge in [-0.15, -0.1) is 22.7 Å². The van der Waals surface area contributed by atoms with Crippen LogP contribution in [0.3, 0.4) is 0 Å². The number of nitrogens with zero attached hydrogens (tertiary/aromatic N) is 1. The average Bonchev–Trinajstić information content (AvgIpc) is 3.40. The lowest BCUT2D eigenvalue weighted by molar-refractivity contribution is 0.173. The molecule has 1 N–H and O–H groups in total. The molecule has 0 amide bonds. The van der Waals surface area contributed by atoms with Gasteiger partial charge in [-0.2, -0.15) is 0 Å². The third-order valence-corrected chi connectivity index (χ3v) is 6.29. The van der Waals surface area contributed by atoms with Crippen molar-refractivity contribution in [3.05, 3.63) is 56.2 Å². The largest absolute Gasteiger partial charge is 0.493 e. The Hall–Kier alpha value is -2.09. The van der Waals surface area contributed by atoms with Gasteiger partial charge < -0.3 is 19.5 Å². The summed E-state index contributed by atoms with van der Waals surface area (Å²) in [5, 5.41) is 9.00. The average molecular weight is 403 g/mol. The molecule has 7 heteroatoms. The van der Waals surface area contributed by atoms with Crippen LogP contribution in [0.5, 0.6) is 17.2 Å². The molecule has 3 heterocycles. The number of ether oxygens (including phenoxy) is 3. The molecule has 4 rings (SSSR count). The molecule has 0 radical (unpaired) electrons. The Kier molecular flexibility index (Phi) is 5.61. The zero-order valence-corrected chi connectivity index (χ0v) is 17.0. The Bertz CT molecular complexity index is 893. The van der Waals surface area contributed by atoms with E-state index in [2.05, 4.69) is 28.2 Å². The van der Waals surface area contributed by atoms with Gasteiger partial charge in [-0.25, -0.2) is 4.98 Å². The minimum absolute atomic E-state index is 0.155. The first-order chi connectivity index (χ1) is 13.2. The SMILES string of the molecule is CCOc1cc2c(cc1CN[C@H](Cc1cccs1)c1nc(C)cs1)OCO2. The van der Waals surface area contributed by atoms with Crippen molar-refractivity contribution in [2.24, 2.45) is 0 Å². The standard InChI is InChI=1S/C20H22N2O3S2/c1-3-23-17-9-19-18(24-12-25-19)7-14(17)10-21-16(8-15-5-4-6-26-15)20-22-13(2)11-27-20/h4-7,9,11,16,21H,3,8,10,12H2,1-2H3/t16-/m1/s1. The van der Waals surface area contributed by atoms with E-state index in [0.29, 0.717) is 13.2 Å². The zero-order valence-electron chi connectivity index (χ0n) is 15.4. The normalized spacial score (nSPS) is 13.7. The van der Waals surface area contributed by atoms with E-state index < -0.39 is 0 Å². The van der Waals surface area contributed by atoms with Gasteiger partial charge in [0, 0.05) is 40.5 Å². The molecular weight excluding hydrogens is 380 g/mol. The number of thiazole rings is 1. The van der Waals surface area contributed by atoms with Crippen LogP contribution in [-0.2, 0) is 13.0 Å². The second-order valence-corrected chi connectivity index (χ2v) is 8.21. The Labute approximate surface area is 166 Å². The minimum atomic E-state index is 0.155. The highest BCUT2D eigenvalue weighted by molar-refractivity contribution is 7.10. The number of hydrogen-bond acceptors (Lipinski definition) is 7. The van der Waals surface area contributed by atoms with Crippen molar-refractivity contribution in [1.29, 1.82) is 0 Å². The van der Waals surface area contributed by atoms with Crippen molar-refractivity contribution in [2.45, 2.75) is 32.9 Å². The van der Waals surface area contributed by atoms with E-state index in [1.807, 2.05) is 26.0 Å². The first kappa shape index (κ1) is 18.3. The van der Waals surface area contributed by atoms with Crippen LogP contribution in [0.2, 0.25) is 0 Å². The predicted molar refractivity (Wildman–Crippen MR) is 108 cm³/mol. The number of aryl methyl sites for hydroxylation is 1. The number of aromatic nitrogens is 1. The molecule has 1 atom stereocenters. The second-order valence-electron chi connectivity index (χ2n) is 6.29. The molecular formula is C20H22N2O3S2. The third-order valence-electron chi connectivity index (χ3n) is 4.31. The smallest absolute Gasteiger partial charge is 0.231 e. The summed E-state index contributed by atoms with van der Waals surface area (Å²) < 4.78 is 16.8. The van der Waals surface area contributed by atoms with E-state index in [0.717, 1.165) is 39.9 Å². The van der Waals surface area contributed by atoms with Gasteiger partial charge >= 0.3 is 0 Å². The lowest BCUT2D eigenvalue weighted by Crippen LogP contribution is -2.23. The monoisotopic (exact) mass is 402 g/mol. The van der Waals surface area contributed by atoms with E-state index in [9.17, 15) is 0 Å². The lowest BCUT2D eigenvalue weighted by atomic mass is 10.1. The molecule has 2 aromatic heterocycles. The van der Waals surface area contributed by atoms with E-state index in [1.54, 1.807) is 22.7 Å². The van der Waals surface area contributed by atoms with Crippen LogP contribution in [-0.4, -0.2) is 18.4 Å². The van der Waals surface area contributed by atoms with Crippen LogP contribution in [0.4, 0.5) is 0 Å². The van der Waals surface area contributed by atoms with Crippen molar-refractivity contribution in [3.8, 4) is 17.2 Å².